The van der Waals surface area contributed by atoms with Crippen LogP contribution in [0.1, 0.15) is 38.3 Å². The zero-order chi connectivity index (χ0) is 16.0. The van der Waals surface area contributed by atoms with E-state index in [2.05, 4.69) is 29.8 Å². The summed E-state index contributed by atoms with van der Waals surface area (Å²) in [5, 5.41) is 10.8. The first-order valence-corrected chi connectivity index (χ1v) is 9.60. The van der Waals surface area contributed by atoms with Gasteiger partial charge >= 0.3 is 0 Å². The summed E-state index contributed by atoms with van der Waals surface area (Å²) in [5.74, 6) is 0.191. The molecular formula is C16H24N2O3S. The van der Waals surface area contributed by atoms with Gasteiger partial charge in [0.2, 0.25) is 0 Å². The lowest BCUT2D eigenvalue weighted by Gasteiger charge is -2.56. The van der Waals surface area contributed by atoms with Crippen LogP contribution in [-0.2, 0) is 9.84 Å². The number of β-amino-alcohol motifs (C(OH)–C–C–N with tert-alkyl or cyclic N) is 1. The van der Waals surface area contributed by atoms with Gasteiger partial charge in [-0.25, -0.2) is 8.42 Å². The molecule has 0 bridgehead atoms. The highest BCUT2D eigenvalue weighted by atomic mass is 32.2. The quantitative estimate of drug-likeness (QED) is 0.910. The van der Waals surface area contributed by atoms with Crippen LogP contribution in [-0.4, -0.2) is 53.6 Å². The van der Waals surface area contributed by atoms with Crippen LogP contribution in [0.2, 0.25) is 0 Å². The van der Waals surface area contributed by atoms with E-state index >= 15 is 0 Å². The Hall–Kier alpha value is -0.980. The van der Waals surface area contributed by atoms with Gasteiger partial charge < -0.3 is 5.11 Å². The van der Waals surface area contributed by atoms with E-state index in [1.54, 1.807) is 6.20 Å². The summed E-state index contributed by atoms with van der Waals surface area (Å²) in [4.78, 5) is 6.46. The molecule has 2 fully saturated rings. The summed E-state index contributed by atoms with van der Waals surface area (Å²) in [5.41, 5.74) is 0.411. The zero-order valence-electron chi connectivity index (χ0n) is 13.2. The normalized spacial score (nSPS) is 29.7. The van der Waals surface area contributed by atoms with E-state index in [1.807, 2.05) is 12.3 Å². The molecule has 1 aromatic rings. The molecule has 5 nitrogen and oxygen atoms in total. The minimum absolute atomic E-state index is 0.0955. The van der Waals surface area contributed by atoms with Crippen molar-refractivity contribution < 1.29 is 13.5 Å². The summed E-state index contributed by atoms with van der Waals surface area (Å²) < 4.78 is 23.1. The first kappa shape index (κ1) is 15.9. The Balaban J connectivity index is 1.73. The largest absolute Gasteiger partial charge is 0.388 e. The molecule has 0 radical (unpaired) electrons. The van der Waals surface area contributed by atoms with Gasteiger partial charge in [0.05, 0.1) is 17.1 Å². The Bertz CT molecular complexity index is 629. The molecule has 3 heterocycles. The molecule has 1 atom stereocenters. The summed E-state index contributed by atoms with van der Waals surface area (Å²) in [6, 6.07) is 4.23. The number of hydrogen-bond acceptors (Lipinski definition) is 5. The van der Waals surface area contributed by atoms with Crippen molar-refractivity contribution in [1.82, 2.24) is 9.88 Å². The molecule has 0 saturated carbocycles. The molecule has 1 unspecified atom stereocenters. The number of pyridine rings is 1. The number of rotatable bonds is 3. The van der Waals surface area contributed by atoms with Gasteiger partial charge in [0.25, 0.3) is 0 Å². The molecule has 2 saturated heterocycles. The molecule has 1 aromatic heterocycles. The second-order valence-electron chi connectivity index (χ2n) is 7.46. The van der Waals surface area contributed by atoms with E-state index in [4.69, 9.17) is 0 Å². The van der Waals surface area contributed by atoms with E-state index in [-0.39, 0.29) is 23.0 Å². The van der Waals surface area contributed by atoms with Gasteiger partial charge in [-0.15, -0.1) is 0 Å². The highest BCUT2D eigenvalue weighted by Gasteiger charge is 2.49. The van der Waals surface area contributed by atoms with E-state index in [0.717, 1.165) is 12.1 Å². The molecule has 6 heteroatoms. The Labute approximate surface area is 132 Å². The molecule has 122 valence electrons. The fraction of sp³-hybridized carbons (Fsp3) is 0.688. The Morgan fingerprint density at radius 2 is 2.05 bits per heavy atom. The maximum absolute atomic E-state index is 11.6. The van der Waals surface area contributed by atoms with Crippen LogP contribution in [0.5, 0.6) is 0 Å². The predicted molar refractivity (Wildman–Crippen MR) is 85.2 cm³/mol. The molecule has 0 aromatic carbocycles. The van der Waals surface area contributed by atoms with Crippen molar-refractivity contribution in [2.24, 2.45) is 5.41 Å². The van der Waals surface area contributed by atoms with Gasteiger partial charge in [-0.1, -0.05) is 19.9 Å². The standard InChI is InChI=1S/C16H24N2O3S/c1-15(2)11-18(14(15)13-4-3-7-17-10-13)12-16(19)5-8-22(20,21)9-6-16/h3-4,7,10,14,19H,5-6,8-9,11-12H2,1-2H3. The molecule has 1 N–H and O–H groups in total. The van der Waals surface area contributed by atoms with Crippen molar-refractivity contribution in [3.63, 3.8) is 0 Å². The number of sulfone groups is 1. The average Bonchev–Trinajstić information content (AvgIpc) is 2.43. The van der Waals surface area contributed by atoms with Crippen LogP contribution in [0.25, 0.3) is 0 Å². The molecule has 2 aliphatic rings. The van der Waals surface area contributed by atoms with Gasteiger partial charge in [-0.2, -0.15) is 0 Å². The number of hydrogen-bond donors (Lipinski definition) is 1. The van der Waals surface area contributed by atoms with Crippen molar-refractivity contribution in [3.05, 3.63) is 30.1 Å². The first-order chi connectivity index (χ1) is 10.2. The highest BCUT2D eigenvalue weighted by molar-refractivity contribution is 7.91. The molecule has 0 spiro atoms. The van der Waals surface area contributed by atoms with E-state index in [1.165, 1.54) is 0 Å². The van der Waals surface area contributed by atoms with Gasteiger partial charge in [0.1, 0.15) is 0 Å². The topological polar surface area (TPSA) is 70.5 Å². The van der Waals surface area contributed by atoms with Gasteiger partial charge in [-0.05, 0) is 29.9 Å². The first-order valence-electron chi connectivity index (χ1n) is 7.78. The molecule has 0 amide bonds. The third-order valence-corrected chi connectivity index (χ3v) is 6.62. The molecular weight excluding hydrogens is 300 g/mol. The summed E-state index contributed by atoms with van der Waals surface area (Å²) in [7, 11) is -2.96. The third kappa shape index (κ3) is 3.05. The van der Waals surface area contributed by atoms with Crippen LogP contribution < -0.4 is 0 Å². The number of likely N-dealkylation sites (tertiary alicyclic amines) is 1. The van der Waals surface area contributed by atoms with Crippen LogP contribution in [0.3, 0.4) is 0 Å². The van der Waals surface area contributed by atoms with Crippen LogP contribution in [0.15, 0.2) is 24.5 Å². The molecule has 3 rings (SSSR count). The average molecular weight is 324 g/mol. The predicted octanol–water partition coefficient (Wildman–Crippen LogP) is 1.40. The maximum atomic E-state index is 11.6. The summed E-state index contributed by atoms with van der Waals surface area (Å²) in [6.45, 7) is 5.88. The van der Waals surface area contributed by atoms with E-state index in [0.29, 0.717) is 19.4 Å². The molecule has 22 heavy (non-hydrogen) atoms. The lowest BCUT2D eigenvalue weighted by molar-refractivity contribution is -0.107. The maximum Gasteiger partial charge on any atom is 0.150 e. The fourth-order valence-electron chi connectivity index (χ4n) is 3.88. The second-order valence-corrected chi connectivity index (χ2v) is 9.76. The highest BCUT2D eigenvalue weighted by Crippen LogP contribution is 2.49. The smallest absolute Gasteiger partial charge is 0.150 e. The van der Waals surface area contributed by atoms with Crippen LogP contribution in [0.4, 0.5) is 0 Å². The second kappa shape index (κ2) is 5.28. The lowest BCUT2D eigenvalue weighted by atomic mass is 9.71. The van der Waals surface area contributed by atoms with Crippen LogP contribution >= 0.6 is 0 Å². The SMILES string of the molecule is CC1(C)CN(CC2(O)CCS(=O)(=O)CC2)C1c1cccnc1. The minimum atomic E-state index is -2.96. The Kier molecular flexibility index (Phi) is 3.82. The van der Waals surface area contributed by atoms with Gasteiger partial charge in [-0.3, -0.25) is 9.88 Å². The molecule has 2 aliphatic heterocycles. The third-order valence-electron chi connectivity index (χ3n) is 4.97. The Morgan fingerprint density at radius 1 is 1.36 bits per heavy atom. The van der Waals surface area contributed by atoms with Crippen molar-refractivity contribution in [1.29, 1.82) is 0 Å². The number of aliphatic hydroxyl groups is 1. The van der Waals surface area contributed by atoms with E-state index < -0.39 is 15.4 Å². The number of nitrogens with zero attached hydrogens (tertiary/aromatic N) is 2. The Morgan fingerprint density at radius 3 is 2.59 bits per heavy atom. The van der Waals surface area contributed by atoms with Crippen LogP contribution in [0, 0.1) is 5.41 Å². The summed E-state index contributed by atoms with van der Waals surface area (Å²) >= 11 is 0. The monoisotopic (exact) mass is 324 g/mol. The minimum Gasteiger partial charge on any atom is -0.388 e. The fourth-order valence-corrected chi connectivity index (χ4v) is 5.47. The lowest BCUT2D eigenvalue weighted by Crippen LogP contribution is -2.60. The summed E-state index contributed by atoms with van der Waals surface area (Å²) in [6.07, 6.45) is 4.32. The number of aromatic nitrogens is 1. The van der Waals surface area contributed by atoms with Crippen molar-refractivity contribution in [2.75, 3.05) is 24.6 Å². The molecule has 0 aliphatic carbocycles. The van der Waals surface area contributed by atoms with E-state index in [9.17, 15) is 13.5 Å². The van der Waals surface area contributed by atoms with Crippen molar-refractivity contribution in [3.8, 4) is 0 Å². The zero-order valence-corrected chi connectivity index (χ0v) is 14.0. The van der Waals surface area contributed by atoms with Crippen molar-refractivity contribution in [2.45, 2.75) is 38.3 Å². The van der Waals surface area contributed by atoms with Gasteiger partial charge in [0, 0.05) is 31.5 Å². The van der Waals surface area contributed by atoms with Crippen molar-refractivity contribution >= 4 is 9.84 Å². The van der Waals surface area contributed by atoms with Gasteiger partial charge in [0.15, 0.2) is 9.84 Å².